The summed E-state index contributed by atoms with van der Waals surface area (Å²) in [6.07, 6.45) is 0. The molecule has 0 aliphatic heterocycles. The lowest BCUT2D eigenvalue weighted by atomic mass is 10.2. The molecule has 0 aromatic heterocycles. The Hall–Kier alpha value is -3.57. The van der Waals surface area contributed by atoms with Gasteiger partial charge in [0, 0.05) is 5.56 Å². The molecule has 3 aromatic rings. The van der Waals surface area contributed by atoms with E-state index in [1.807, 2.05) is 0 Å². The van der Waals surface area contributed by atoms with Gasteiger partial charge in [-0.05, 0) is 36.8 Å². The zero-order chi connectivity index (χ0) is 24.2. The third-order valence-corrected chi connectivity index (χ3v) is 7.87. The van der Waals surface area contributed by atoms with E-state index >= 15 is 0 Å². The molecule has 172 valence electrons. The second-order valence-electron chi connectivity index (χ2n) is 7.14. The lowest BCUT2D eigenvalue weighted by Gasteiger charge is -2.23. The Balaban J connectivity index is 2.43. The first kappa shape index (κ1) is 24.1. The normalized spacial score (nSPS) is 12.4. The molecule has 0 radical (unpaired) electrons. The highest BCUT2D eigenvalue weighted by Crippen LogP contribution is 2.57. The molecule has 1 unspecified atom stereocenters. The summed E-state index contributed by atoms with van der Waals surface area (Å²) in [5.74, 6) is 0.485. The molecule has 1 atom stereocenters. The first-order valence-electron chi connectivity index (χ1n) is 10.0. The number of rotatable bonds is 9. The van der Waals surface area contributed by atoms with Crippen LogP contribution in [0.2, 0.25) is 0 Å². The number of aryl methyl sites for hydroxylation is 1. The predicted molar refractivity (Wildman–Crippen MR) is 126 cm³/mol. The van der Waals surface area contributed by atoms with Crippen LogP contribution in [0.15, 0.2) is 60.7 Å². The third-order valence-electron chi connectivity index (χ3n) is 5.17. The summed E-state index contributed by atoms with van der Waals surface area (Å²) in [6.45, 7) is 1.80. The fourth-order valence-electron chi connectivity index (χ4n) is 3.61. The van der Waals surface area contributed by atoms with Gasteiger partial charge in [-0.15, -0.1) is 0 Å². The van der Waals surface area contributed by atoms with E-state index in [-0.39, 0.29) is 39.4 Å². The standard InChI is InChI=1S/C25H25O7P/c1-16-14-20(31-4)23(21(15-16)32-5)33(28,24(26)17-10-7-6-8-11-17)25(27)22-18(29-2)12-9-13-19(22)30-3/h6-15H,1-5H3. The second-order valence-corrected chi connectivity index (χ2v) is 9.62. The molecule has 0 amide bonds. The van der Waals surface area contributed by atoms with Gasteiger partial charge in [0.05, 0.1) is 28.4 Å². The van der Waals surface area contributed by atoms with Crippen LogP contribution in [0.25, 0.3) is 0 Å². The topological polar surface area (TPSA) is 88.1 Å². The van der Waals surface area contributed by atoms with Crippen molar-refractivity contribution in [3.63, 3.8) is 0 Å². The van der Waals surface area contributed by atoms with Crippen molar-refractivity contribution in [1.82, 2.24) is 0 Å². The van der Waals surface area contributed by atoms with Gasteiger partial charge < -0.3 is 23.5 Å². The summed E-state index contributed by atoms with van der Waals surface area (Å²) in [4.78, 5) is 27.9. The van der Waals surface area contributed by atoms with Gasteiger partial charge in [0.1, 0.15) is 33.9 Å². The second kappa shape index (κ2) is 9.92. The molecule has 0 aliphatic rings. The Labute approximate surface area is 192 Å². The first-order chi connectivity index (χ1) is 15.8. The Kier molecular flexibility index (Phi) is 7.24. The molecule has 0 aliphatic carbocycles. The third kappa shape index (κ3) is 4.24. The lowest BCUT2D eigenvalue weighted by Crippen LogP contribution is -2.24. The number of hydrogen-bond acceptors (Lipinski definition) is 7. The van der Waals surface area contributed by atoms with Crippen molar-refractivity contribution >= 4 is 23.5 Å². The van der Waals surface area contributed by atoms with Crippen molar-refractivity contribution in [2.45, 2.75) is 6.92 Å². The Bertz CT molecular complexity index is 1190. The minimum absolute atomic E-state index is 0.0974. The largest absolute Gasteiger partial charge is 0.496 e. The SMILES string of the molecule is COc1cccc(OC)c1C(=O)P(=O)(C(=O)c1ccccc1)c1c(OC)cc(C)cc1OC. The first-order valence-corrected chi connectivity index (χ1v) is 11.7. The molecule has 0 bridgehead atoms. The summed E-state index contributed by atoms with van der Waals surface area (Å²) >= 11 is 0. The summed E-state index contributed by atoms with van der Waals surface area (Å²) in [6, 6.07) is 15.9. The fraction of sp³-hybridized carbons (Fsp3) is 0.200. The molecule has 3 rings (SSSR count). The van der Waals surface area contributed by atoms with Crippen LogP contribution in [0.5, 0.6) is 23.0 Å². The van der Waals surface area contributed by atoms with E-state index < -0.39 is 18.2 Å². The van der Waals surface area contributed by atoms with Crippen LogP contribution in [-0.2, 0) is 4.57 Å². The number of carbonyl (C=O) groups is 2. The van der Waals surface area contributed by atoms with Crippen molar-refractivity contribution < 1.29 is 33.1 Å². The fourth-order valence-corrected chi connectivity index (χ4v) is 6.18. The Morgan fingerprint density at radius 2 is 1.15 bits per heavy atom. The molecule has 0 spiro atoms. The summed E-state index contributed by atoms with van der Waals surface area (Å²) < 4.78 is 36.5. The minimum Gasteiger partial charge on any atom is -0.496 e. The van der Waals surface area contributed by atoms with E-state index in [4.69, 9.17) is 18.9 Å². The predicted octanol–water partition coefficient (Wildman–Crippen LogP) is 4.70. The number of hydrogen-bond donors (Lipinski definition) is 0. The van der Waals surface area contributed by atoms with Crippen molar-refractivity contribution in [3.05, 3.63) is 77.4 Å². The summed E-state index contributed by atoms with van der Waals surface area (Å²) in [5.41, 5.74) is -1.02. The zero-order valence-corrected chi connectivity index (χ0v) is 20.0. The molecule has 3 aromatic carbocycles. The summed E-state index contributed by atoms with van der Waals surface area (Å²) in [5, 5.41) is -0.107. The molecule has 0 fully saturated rings. The van der Waals surface area contributed by atoms with Gasteiger partial charge in [0.15, 0.2) is 0 Å². The minimum atomic E-state index is -4.59. The van der Waals surface area contributed by atoms with Gasteiger partial charge in [-0.25, -0.2) is 0 Å². The highest BCUT2D eigenvalue weighted by molar-refractivity contribution is 8.01. The van der Waals surface area contributed by atoms with Gasteiger partial charge in [0.2, 0.25) is 11.0 Å². The molecule has 0 heterocycles. The van der Waals surface area contributed by atoms with E-state index in [0.717, 1.165) is 5.56 Å². The Morgan fingerprint density at radius 1 is 0.667 bits per heavy atom. The van der Waals surface area contributed by atoms with Crippen LogP contribution in [0.3, 0.4) is 0 Å². The average Bonchev–Trinajstić information content (AvgIpc) is 2.86. The molecular formula is C25H25O7P. The highest BCUT2D eigenvalue weighted by Gasteiger charge is 2.48. The van der Waals surface area contributed by atoms with Crippen LogP contribution < -0.4 is 24.3 Å². The van der Waals surface area contributed by atoms with Crippen LogP contribution in [0.4, 0.5) is 0 Å². The highest BCUT2D eigenvalue weighted by atomic mass is 31.2. The molecule has 7 nitrogen and oxygen atoms in total. The maximum absolute atomic E-state index is 14.9. The average molecular weight is 468 g/mol. The van der Waals surface area contributed by atoms with Crippen LogP contribution in [0, 0.1) is 6.92 Å². The van der Waals surface area contributed by atoms with E-state index in [0.29, 0.717) is 0 Å². The van der Waals surface area contributed by atoms with E-state index in [2.05, 4.69) is 0 Å². The van der Waals surface area contributed by atoms with Gasteiger partial charge in [-0.1, -0.05) is 36.4 Å². The molecule has 33 heavy (non-hydrogen) atoms. The monoisotopic (exact) mass is 468 g/mol. The summed E-state index contributed by atoms with van der Waals surface area (Å²) in [7, 11) is 0.918. The van der Waals surface area contributed by atoms with Crippen LogP contribution >= 0.6 is 7.14 Å². The van der Waals surface area contributed by atoms with Crippen LogP contribution in [-0.4, -0.2) is 39.5 Å². The number of ether oxygens (including phenoxy) is 4. The van der Waals surface area contributed by atoms with Crippen molar-refractivity contribution in [2.75, 3.05) is 28.4 Å². The van der Waals surface area contributed by atoms with E-state index in [9.17, 15) is 14.2 Å². The molecule has 0 saturated carbocycles. The quantitative estimate of drug-likeness (QED) is 0.421. The van der Waals surface area contributed by atoms with Crippen molar-refractivity contribution in [2.24, 2.45) is 0 Å². The van der Waals surface area contributed by atoms with Gasteiger partial charge >= 0.3 is 0 Å². The van der Waals surface area contributed by atoms with Gasteiger partial charge in [-0.2, -0.15) is 0 Å². The van der Waals surface area contributed by atoms with E-state index in [1.165, 1.54) is 52.7 Å². The van der Waals surface area contributed by atoms with Crippen molar-refractivity contribution in [3.8, 4) is 23.0 Å². The number of benzene rings is 3. The van der Waals surface area contributed by atoms with E-state index in [1.54, 1.807) is 43.3 Å². The van der Waals surface area contributed by atoms with Gasteiger partial charge in [0.25, 0.3) is 7.14 Å². The Morgan fingerprint density at radius 3 is 1.61 bits per heavy atom. The smallest absolute Gasteiger partial charge is 0.256 e. The molecule has 0 N–H and O–H groups in total. The molecular weight excluding hydrogens is 443 g/mol. The molecule has 8 heteroatoms. The maximum Gasteiger partial charge on any atom is 0.256 e. The number of carbonyl (C=O) groups excluding carboxylic acids is 2. The molecule has 0 saturated heterocycles. The maximum atomic E-state index is 14.9. The van der Waals surface area contributed by atoms with Crippen LogP contribution in [0.1, 0.15) is 26.3 Å². The lowest BCUT2D eigenvalue weighted by molar-refractivity contribution is 0.103. The number of methoxy groups -OCH3 is 4. The van der Waals surface area contributed by atoms with Gasteiger partial charge in [-0.3, -0.25) is 9.59 Å². The zero-order valence-electron chi connectivity index (χ0n) is 19.1. The van der Waals surface area contributed by atoms with Crippen molar-refractivity contribution in [1.29, 1.82) is 0 Å².